The predicted octanol–water partition coefficient (Wildman–Crippen LogP) is 1.35. The summed E-state index contributed by atoms with van der Waals surface area (Å²) < 4.78 is 4.99. The Bertz CT molecular complexity index is 379. The molecule has 1 amide bonds. The van der Waals surface area contributed by atoms with Crippen molar-refractivity contribution in [3.05, 3.63) is 48.6 Å². The molecule has 1 atom stereocenters. The van der Waals surface area contributed by atoms with Crippen molar-refractivity contribution < 1.29 is 9.53 Å². The van der Waals surface area contributed by atoms with Gasteiger partial charge < -0.3 is 15.4 Å². The summed E-state index contributed by atoms with van der Waals surface area (Å²) in [6.45, 7) is 5.13. The van der Waals surface area contributed by atoms with E-state index >= 15 is 0 Å². The summed E-state index contributed by atoms with van der Waals surface area (Å²) in [6.07, 6.45) is 1.69. The topological polar surface area (TPSA) is 55.6 Å². The number of nitrogens with zero attached hydrogens (tertiary/aromatic N) is 1. The molecule has 1 unspecified atom stereocenters. The molecule has 0 aliphatic heterocycles. The maximum Gasteiger partial charge on any atom is 0.244 e. The van der Waals surface area contributed by atoms with Gasteiger partial charge in [-0.3, -0.25) is 4.79 Å². The van der Waals surface area contributed by atoms with Crippen molar-refractivity contribution in [2.75, 3.05) is 26.8 Å². The fourth-order valence-corrected chi connectivity index (χ4v) is 1.65. The maximum absolute atomic E-state index is 12.2. The molecule has 0 fully saturated rings. The second-order valence-corrected chi connectivity index (χ2v) is 3.95. The van der Waals surface area contributed by atoms with Gasteiger partial charge in [0.1, 0.15) is 6.04 Å². The normalized spacial score (nSPS) is 11.9. The van der Waals surface area contributed by atoms with Crippen LogP contribution in [0.5, 0.6) is 0 Å². The molecule has 18 heavy (non-hydrogen) atoms. The Balaban J connectivity index is 2.72. The Morgan fingerprint density at radius 2 is 2.17 bits per heavy atom. The van der Waals surface area contributed by atoms with Gasteiger partial charge in [-0.2, -0.15) is 0 Å². The van der Waals surface area contributed by atoms with Crippen molar-refractivity contribution in [1.29, 1.82) is 0 Å². The summed E-state index contributed by atoms with van der Waals surface area (Å²) in [7, 11) is 1.60. The van der Waals surface area contributed by atoms with E-state index in [4.69, 9.17) is 10.5 Å². The van der Waals surface area contributed by atoms with Crippen LogP contribution in [0.15, 0.2) is 43.0 Å². The van der Waals surface area contributed by atoms with E-state index in [9.17, 15) is 4.79 Å². The number of nitrogens with two attached hydrogens (primary N) is 1. The van der Waals surface area contributed by atoms with Crippen LogP contribution in [0.1, 0.15) is 11.6 Å². The van der Waals surface area contributed by atoms with E-state index in [1.165, 1.54) is 0 Å². The molecule has 0 spiro atoms. The molecule has 0 saturated carbocycles. The van der Waals surface area contributed by atoms with Gasteiger partial charge in [-0.05, 0) is 5.56 Å². The molecule has 98 valence electrons. The van der Waals surface area contributed by atoms with Crippen LogP contribution in [0.25, 0.3) is 0 Å². The first-order chi connectivity index (χ1) is 8.70. The SMILES string of the molecule is C=CCN(CCOC)C(=O)C(N)c1ccccc1. The summed E-state index contributed by atoms with van der Waals surface area (Å²) in [6, 6.07) is 8.71. The minimum Gasteiger partial charge on any atom is -0.383 e. The molecule has 0 bridgehead atoms. The number of carbonyl (C=O) groups excluding carboxylic acids is 1. The molecule has 0 aromatic heterocycles. The third-order valence-corrected chi connectivity index (χ3v) is 2.65. The number of rotatable bonds is 7. The molecule has 4 nitrogen and oxygen atoms in total. The summed E-state index contributed by atoms with van der Waals surface area (Å²) in [5, 5.41) is 0. The Labute approximate surface area is 108 Å². The predicted molar refractivity (Wildman–Crippen MR) is 72.0 cm³/mol. The highest BCUT2D eigenvalue weighted by Crippen LogP contribution is 2.12. The van der Waals surface area contributed by atoms with Gasteiger partial charge in [0, 0.05) is 20.2 Å². The summed E-state index contributed by atoms with van der Waals surface area (Å²) in [5.41, 5.74) is 6.79. The number of carbonyl (C=O) groups is 1. The van der Waals surface area contributed by atoms with Crippen LogP contribution in [-0.4, -0.2) is 37.6 Å². The van der Waals surface area contributed by atoms with E-state index in [0.717, 1.165) is 5.56 Å². The lowest BCUT2D eigenvalue weighted by Crippen LogP contribution is -2.40. The molecule has 0 saturated heterocycles. The fourth-order valence-electron chi connectivity index (χ4n) is 1.65. The maximum atomic E-state index is 12.2. The lowest BCUT2D eigenvalue weighted by Gasteiger charge is -2.24. The molecule has 0 heterocycles. The van der Waals surface area contributed by atoms with E-state index in [-0.39, 0.29) is 5.91 Å². The highest BCUT2D eigenvalue weighted by Gasteiger charge is 2.21. The van der Waals surface area contributed by atoms with Gasteiger partial charge in [0.2, 0.25) is 5.91 Å². The van der Waals surface area contributed by atoms with Gasteiger partial charge in [-0.1, -0.05) is 36.4 Å². The molecule has 0 aliphatic carbocycles. The first-order valence-corrected chi connectivity index (χ1v) is 5.89. The fraction of sp³-hybridized carbons (Fsp3) is 0.357. The Morgan fingerprint density at radius 1 is 1.50 bits per heavy atom. The lowest BCUT2D eigenvalue weighted by atomic mass is 10.1. The minimum absolute atomic E-state index is 0.113. The van der Waals surface area contributed by atoms with E-state index in [1.807, 2.05) is 30.3 Å². The number of amides is 1. The third-order valence-electron chi connectivity index (χ3n) is 2.65. The molecular weight excluding hydrogens is 228 g/mol. The van der Waals surface area contributed by atoms with Gasteiger partial charge in [-0.25, -0.2) is 0 Å². The average molecular weight is 248 g/mol. The number of benzene rings is 1. The van der Waals surface area contributed by atoms with Gasteiger partial charge >= 0.3 is 0 Å². The van der Waals surface area contributed by atoms with Crippen LogP contribution in [-0.2, 0) is 9.53 Å². The van der Waals surface area contributed by atoms with Crippen LogP contribution in [0.3, 0.4) is 0 Å². The van der Waals surface area contributed by atoms with Crippen LogP contribution in [0.4, 0.5) is 0 Å². The summed E-state index contributed by atoms with van der Waals surface area (Å²) in [5.74, 6) is -0.113. The van der Waals surface area contributed by atoms with Gasteiger partial charge in [0.25, 0.3) is 0 Å². The van der Waals surface area contributed by atoms with Crippen molar-refractivity contribution in [2.45, 2.75) is 6.04 Å². The zero-order chi connectivity index (χ0) is 13.4. The number of hydrogen-bond acceptors (Lipinski definition) is 3. The van der Waals surface area contributed by atoms with Gasteiger partial charge in [0.15, 0.2) is 0 Å². The minimum atomic E-state index is -0.636. The number of hydrogen-bond donors (Lipinski definition) is 1. The number of ether oxygens (including phenoxy) is 1. The quantitative estimate of drug-likeness (QED) is 0.741. The van der Waals surface area contributed by atoms with Crippen molar-refractivity contribution in [3.63, 3.8) is 0 Å². The second-order valence-electron chi connectivity index (χ2n) is 3.95. The highest BCUT2D eigenvalue weighted by atomic mass is 16.5. The zero-order valence-electron chi connectivity index (χ0n) is 10.7. The summed E-state index contributed by atoms with van der Waals surface area (Å²) in [4.78, 5) is 13.9. The van der Waals surface area contributed by atoms with Crippen molar-refractivity contribution in [2.24, 2.45) is 5.73 Å². The van der Waals surface area contributed by atoms with Crippen molar-refractivity contribution in [3.8, 4) is 0 Å². The molecule has 4 heteroatoms. The zero-order valence-corrected chi connectivity index (χ0v) is 10.7. The van der Waals surface area contributed by atoms with Crippen molar-refractivity contribution in [1.82, 2.24) is 4.90 Å². The Hall–Kier alpha value is -1.65. The number of methoxy groups -OCH3 is 1. The van der Waals surface area contributed by atoms with Crippen molar-refractivity contribution >= 4 is 5.91 Å². The van der Waals surface area contributed by atoms with Gasteiger partial charge in [0.05, 0.1) is 6.61 Å². The standard InChI is InChI=1S/C14H20N2O2/c1-3-9-16(10-11-18-2)14(17)13(15)12-7-5-4-6-8-12/h3-8,13H,1,9-11,15H2,2H3. The van der Waals surface area contributed by atoms with Crippen LogP contribution < -0.4 is 5.73 Å². The second kappa shape index (κ2) is 7.63. The van der Waals surface area contributed by atoms with Crippen LogP contribution >= 0.6 is 0 Å². The first-order valence-electron chi connectivity index (χ1n) is 5.89. The van der Waals surface area contributed by atoms with Crippen LogP contribution in [0, 0.1) is 0 Å². The third kappa shape index (κ3) is 3.98. The smallest absolute Gasteiger partial charge is 0.244 e. The molecule has 0 aliphatic rings. The van der Waals surface area contributed by atoms with E-state index < -0.39 is 6.04 Å². The highest BCUT2D eigenvalue weighted by molar-refractivity contribution is 5.83. The monoisotopic (exact) mass is 248 g/mol. The average Bonchev–Trinajstić information content (AvgIpc) is 2.43. The van der Waals surface area contributed by atoms with Gasteiger partial charge in [-0.15, -0.1) is 6.58 Å². The Kier molecular flexibility index (Phi) is 6.11. The first kappa shape index (κ1) is 14.4. The molecular formula is C14H20N2O2. The molecule has 1 rings (SSSR count). The largest absolute Gasteiger partial charge is 0.383 e. The molecule has 1 aromatic carbocycles. The van der Waals surface area contributed by atoms with E-state index in [1.54, 1.807) is 18.1 Å². The Morgan fingerprint density at radius 3 is 2.72 bits per heavy atom. The lowest BCUT2D eigenvalue weighted by molar-refractivity contribution is -0.132. The van der Waals surface area contributed by atoms with E-state index in [0.29, 0.717) is 19.7 Å². The molecule has 2 N–H and O–H groups in total. The molecule has 0 radical (unpaired) electrons. The summed E-state index contributed by atoms with van der Waals surface area (Å²) >= 11 is 0. The van der Waals surface area contributed by atoms with E-state index in [2.05, 4.69) is 6.58 Å². The van der Waals surface area contributed by atoms with Crippen LogP contribution in [0.2, 0.25) is 0 Å². The molecule has 1 aromatic rings.